The van der Waals surface area contributed by atoms with Gasteiger partial charge < -0.3 is 14.8 Å². The molecule has 0 fully saturated rings. The fraction of sp³-hybridized carbons (Fsp3) is 0.556. The van der Waals surface area contributed by atoms with Gasteiger partial charge in [-0.25, -0.2) is 4.79 Å². The molecule has 0 aliphatic carbocycles. The Morgan fingerprint density at radius 3 is 2.40 bits per heavy atom. The van der Waals surface area contributed by atoms with Crippen molar-refractivity contribution < 1.29 is 19.1 Å². The molecule has 2 N–H and O–H groups in total. The minimum absolute atomic E-state index is 0.327. The monoisotopic (exact) mass is 351 g/mol. The van der Waals surface area contributed by atoms with Crippen LogP contribution in [0.2, 0.25) is 0 Å². The molecule has 1 atom stereocenters. The van der Waals surface area contributed by atoms with E-state index in [0.717, 1.165) is 0 Å². The molecule has 1 unspecified atom stereocenters. The molecule has 1 aromatic rings. The number of methoxy groups -OCH3 is 1. The van der Waals surface area contributed by atoms with Gasteiger partial charge in [-0.2, -0.15) is 0 Å². The summed E-state index contributed by atoms with van der Waals surface area (Å²) in [6.07, 6.45) is 0. The van der Waals surface area contributed by atoms with Gasteiger partial charge in [0.15, 0.2) is 11.5 Å². The van der Waals surface area contributed by atoms with Crippen molar-refractivity contribution in [3.05, 3.63) is 24.3 Å². The predicted molar refractivity (Wildman–Crippen MR) is 97.0 cm³/mol. The predicted octanol–water partition coefficient (Wildman–Crippen LogP) is 1.88. The lowest BCUT2D eigenvalue weighted by Crippen LogP contribution is -2.49. The highest BCUT2D eigenvalue weighted by Crippen LogP contribution is 2.25. The Balaban J connectivity index is 2.39. The second-order valence-electron chi connectivity index (χ2n) is 6.25. The lowest BCUT2D eigenvalue weighted by molar-refractivity contribution is -0.124. The normalized spacial score (nSPS) is 12.0. The number of carbonyl (C=O) groups is 2. The van der Waals surface area contributed by atoms with E-state index in [-0.39, 0.29) is 5.91 Å². The van der Waals surface area contributed by atoms with Crippen molar-refractivity contribution in [2.75, 3.05) is 33.9 Å². The van der Waals surface area contributed by atoms with Crippen LogP contribution in [0.1, 0.15) is 20.8 Å². The summed E-state index contributed by atoms with van der Waals surface area (Å²) in [4.78, 5) is 25.6. The van der Waals surface area contributed by atoms with Gasteiger partial charge in [0, 0.05) is 13.1 Å². The largest absolute Gasteiger partial charge is 0.493 e. The average molecular weight is 351 g/mol. The third-order valence-corrected chi connectivity index (χ3v) is 3.72. The summed E-state index contributed by atoms with van der Waals surface area (Å²) < 4.78 is 10.9. The minimum atomic E-state index is -0.468. The van der Waals surface area contributed by atoms with E-state index >= 15 is 0 Å². The van der Waals surface area contributed by atoms with Crippen LogP contribution in [0.25, 0.3) is 0 Å². The first-order chi connectivity index (χ1) is 11.8. The maximum Gasteiger partial charge on any atom is 0.321 e. The fourth-order valence-electron chi connectivity index (χ4n) is 1.99. The first-order valence-corrected chi connectivity index (χ1v) is 8.39. The van der Waals surface area contributed by atoms with Crippen LogP contribution in [0.3, 0.4) is 0 Å². The molecule has 7 heteroatoms. The van der Waals surface area contributed by atoms with Crippen molar-refractivity contribution in [3.63, 3.8) is 0 Å². The summed E-state index contributed by atoms with van der Waals surface area (Å²) in [5, 5.41) is 5.01. The van der Waals surface area contributed by atoms with Gasteiger partial charge in [-0.05, 0) is 32.0 Å². The zero-order valence-corrected chi connectivity index (χ0v) is 15.7. The molecule has 0 heterocycles. The molecule has 0 aliphatic rings. The molecule has 25 heavy (non-hydrogen) atoms. The number of hydrogen-bond donors (Lipinski definition) is 2. The molecule has 1 rings (SSSR count). The maximum atomic E-state index is 12.1. The molecular formula is C18H29N3O4. The quantitative estimate of drug-likeness (QED) is 0.710. The molecular weight excluding hydrogens is 322 g/mol. The number of ether oxygens (including phenoxy) is 2. The molecule has 0 spiro atoms. The van der Waals surface area contributed by atoms with Gasteiger partial charge in [0.2, 0.25) is 5.91 Å². The Labute approximate surface area is 149 Å². The van der Waals surface area contributed by atoms with Crippen LogP contribution in [0.15, 0.2) is 24.3 Å². The van der Waals surface area contributed by atoms with Crippen molar-refractivity contribution in [2.45, 2.75) is 26.8 Å². The molecule has 0 bridgehead atoms. The molecule has 0 aromatic heterocycles. The third kappa shape index (κ3) is 7.43. The molecule has 0 aliphatic heterocycles. The average Bonchev–Trinajstić information content (AvgIpc) is 2.59. The number of carbonyl (C=O) groups excluding carboxylic acids is 2. The van der Waals surface area contributed by atoms with E-state index in [4.69, 9.17) is 9.47 Å². The number of urea groups is 1. The van der Waals surface area contributed by atoms with E-state index < -0.39 is 12.1 Å². The van der Waals surface area contributed by atoms with Gasteiger partial charge in [-0.1, -0.05) is 26.0 Å². The Bertz CT molecular complexity index is 563. The zero-order chi connectivity index (χ0) is 18.8. The molecule has 0 saturated carbocycles. The van der Waals surface area contributed by atoms with E-state index in [2.05, 4.69) is 10.6 Å². The van der Waals surface area contributed by atoms with Gasteiger partial charge in [0.25, 0.3) is 0 Å². The van der Waals surface area contributed by atoms with Crippen LogP contribution in [-0.2, 0) is 4.79 Å². The number of imide groups is 1. The van der Waals surface area contributed by atoms with E-state index in [1.54, 1.807) is 14.0 Å². The summed E-state index contributed by atoms with van der Waals surface area (Å²) in [7, 11) is 3.40. The summed E-state index contributed by atoms with van der Waals surface area (Å²) in [6, 6.07) is 6.47. The number of hydrogen-bond acceptors (Lipinski definition) is 5. The Morgan fingerprint density at radius 1 is 1.16 bits per heavy atom. The molecule has 1 aromatic carbocycles. The first-order valence-electron chi connectivity index (χ1n) is 8.39. The van der Waals surface area contributed by atoms with E-state index in [1.807, 2.05) is 50.1 Å². The summed E-state index contributed by atoms with van der Waals surface area (Å²) in [5.41, 5.74) is 0. The van der Waals surface area contributed by atoms with Crippen LogP contribution in [0.5, 0.6) is 11.5 Å². The minimum Gasteiger partial charge on any atom is -0.493 e. The van der Waals surface area contributed by atoms with Gasteiger partial charge in [-0.15, -0.1) is 0 Å². The molecule has 0 radical (unpaired) electrons. The fourth-order valence-corrected chi connectivity index (χ4v) is 1.99. The van der Waals surface area contributed by atoms with Gasteiger partial charge in [-0.3, -0.25) is 15.0 Å². The van der Waals surface area contributed by atoms with E-state index in [1.165, 1.54) is 0 Å². The smallest absolute Gasteiger partial charge is 0.321 e. The summed E-state index contributed by atoms with van der Waals surface area (Å²) >= 11 is 0. The highest BCUT2D eigenvalue weighted by molar-refractivity contribution is 5.96. The topological polar surface area (TPSA) is 79.9 Å². The van der Waals surface area contributed by atoms with Crippen LogP contribution in [-0.4, -0.2) is 56.7 Å². The Kier molecular flexibility index (Phi) is 8.77. The molecule has 3 amide bonds. The molecule has 140 valence electrons. The summed E-state index contributed by atoms with van der Waals surface area (Å²) in [5.74, 6) is 1.30. The van der Waals surface area contributed by atoms with Crippen LogP contribution >= 0.6 is 0 Å². The van der Waals surface area contributed by atoms with Crippen LogP contribution in [0, 0.1) is 5.92 Å². The van der Waals surface area contributed by atoms with Crippen molar-refractivity contribution in [3.8, 4) is 11.5 Å². The van der Waals surface area contributed by atoms with Gasteiger partial charge >= 0.3 is 6.03 Å². The number of nitrogens with zero attached hydrogens (tertiary/aromatic N) is 1. The van der Waals surface area contributed by atoms with Gasteiger partial charge in [0.1, 0.15) is 6.61 Å². The van der Waals surface area contributed by atoms with Crippen molar-refractivity contribution in [1.29, 1.82) is 0 Å². The molecule has 0 saturated heterocycles. The lowest BCUT2D eigenvalue weighted by atomic mass is 10.2. The number of amides is 3. The summed E-state index contributed by atoms with van der Waals surface area (Å²) in [6.45, 7) is 7.17. The number of likely N-dealkylation sites (N-methyl/N-ethyl adjacent to an activating group) is 1. The third-order valence-electron chi connectivity index (χ3n) is 3.72. The lowest BCUT2D eigenvalue weighted by Gasteiger charge is -2.23. The highest BCUT2D eigenvalue weighted by Gasteiger charge is 2.20. The van der Waals surface area contributed by atoms with Crippen LogP contribution in [0.4, 0.5) is 4.79 Å². The first kappa shape index (κ1) is 20.8. The van der Waals surface area contributed by atoms with E-state index in [9.17, 15) is 9.59 Å². The highest BCUT2D eigenvalue weighted by atomic mass is 16.5. The second-order valence-corrected chi connectivity index (χ2v) is 6.25. The molecule has 7 nitrogen and oxygen atoms in total. The zero-order valence-electron chi connectivity index (χ0n) is 15.7. The number of para-hydroxylation sites is 2. The van der Waals surface area contributed by atoms with Crippen molar-refractivity contribution >= 4 is 11.9 Å². The standard InChI is InChI=1S/C18H29N3O4/c1-13(2)12-19-18(23)20-17(22)14(3)21(4)10-11-25-16-9-7-6-8-15(16)24-5/h6-9,13-14H,10-12H2,1-5H3,(H2,19,20,22,23). The van der Waals surface area contributed by atoms with E-state index in [0.29, 0.717) is 37.1 Å². The SMILES string of the molecule is COc1ccccc1OCCN(C)C(C)C(=O)NC(=O)NCC(C)C. The number of benzene rings is 1. The van der Waals surface area contributed by atoms with Gasteiger partial charge in [0.05, 0.1) is 13.2 Å². The Morgan fingerprint density at radius 2 is 1.80 bits per heavy atom. The number of nitrogens with one attached hydrogen (secondary N) is 2. The number of rotatable bonds is 9. The second kappa shape index (κ2) is 10.6. The van der Waals surface area contributed by atoms with Crippen molar-refractivity contribution in [2.24, 2.45) is 5.92 Å². The Hall–Kier alpha value is -2.28. The van der Waals surface area contributed by atoms with Crippen LogP contribution < -0.4 is 20.1 Å². The maximum absolute atomic E-state index is 12.1. The van der Waals surface area contributed by atoms with Crippen molar-refractivity contribution in [1.82, 2.24) is 15.5 Å².